The fourth-order valence-corrected chi connectivity index (χ4v) is 6.89. The Hall–Kier alpha value is -4.25. The van der Waals surface area contributed by atoms with Crippen molar-refractivity contribution in [2.24, 2.45) is 0 Å². The number of halogens is 2. The highest BCUT2D eigenvalue weighted by Crippen LogP contribution is 2.33. The molecule has 0 aliphatic carbocycles. The van der Waals surface area contributed by atoms with Crippen LogP contribution in [0.1, 0.15) is 25.0 Å². The molecule has 4 aromatic carbocycles. The fraction of sp³-hybridized carbons (Fsp3) is 0.257. The number of anilines is 1. The number of carbonyl (C=O) groups excluding carboxylic acids is 2. The highest BCUT2D eigenvalue weighted by Gasteiger charge is 2.36. The quantitative estimate of drug-likeness (QED) is 0.164. The number of sulfonamides is 1. The molecule has 4 aromatic rings. The van der Waals surface area contributed by atoms with Gasteiger partial charge >= 0.3 is 0 Å². The molecule has 4 rings (SSSR count). The van der Waals surface area contributed by atoms with E-state index in [1.54, 1.807) is 42.5 Å². The minimum atomic E-state index is -4.34. The van der Waals surface area contributed by atoms with Crippen LogP contribution >= 0.6 is 23.2 Å². The van der Waals surface area contributed by atoms with Crippen LogP contribution in [0.4, 0.5) is 5.69 Å². The molecule has 0 radical (unpaired) electrons. The summed E-state index contributed by atoms with van der Waals surface area (Å²) in [7, 11) is -1.45. The Morgan fingerprint density at radius 2 is 1.51 bits per heavy atom. The van der Waals surface area contributed by atoms with E-state index < -0.39 is 34.4 Å². The number of nitrogens with one attached hydrogen (secondary N) is 1. The van der Waals surface area contributed by atoms with Crippen LogP contribution in [0.2, 0.25) is 10.0 Å². The van der Waals surface area contributed by atoms with E-state index in [0.717, 1.165) is 9.87 Å². The van der Waals surface area contributed by atoms with E-state index in [4.69, 9.17) is 32.7 Å². The number of nitrogens with zero attached hydrogens (tertiary/aromatic N) is 2. The summed E-state index contributed by atoms with van der Waals surface area (Å²) in [6.45, 7) is 2.90. The number of hydrogen-bond donors (Lipinski definition) is 1. The van der Waals surface area contributed by atoms with E-state index in [0.29, 0.717) is 21.4 Å². The van der Waals surface area contributed by atoms with Gasteiger partial charge in [0.05, 0.1) is 24.8 Å². The Morgan fingerprint density at radius 1 is 0.851 bits per heavy atom. The molecule has 1 atom stereocenters. The third-order valence-corrected chi connectivity index (χ3v) is 9.70. The van der Waals surface area contributed by atoms with E-state index in [2.05, 4.69) is 5.32 Å². The Labute approximate surface area is 286 Å². The van der Waals surface area contributed by atoms with Gasteiger partial charge in [-0.05, 0) is 73.5 Å². The van der Waals surface area contributed by atoms with Gasteiger partial charge in [-0.15, -0.1) is 0 Å². The zero-order valence-electron chi connectivity index (χ0n) is 26.5. The number of amides is 2. The standard InChI is InChI=1S/C35H37Cl2N3O6S/c1-24(2)38-35(42)32(20-25-10-6-5-7-11-25)39(22-26-14-15-27(36)21-30(26)37)34(41)23-40(31-12-8-9-13-33(31)46-4)47(43,44)29-18-16-28(45-3)17-19-29/h5-19,21,24,32H,20,22-23H2,1-4H3,(H,38,42)/t32-/m0/s1. The lowest BCUT2D eigenvalue weighted by Crippen LogP contribution is -2.54. The molecule has 47 heavy (non-hydrogen) atoms. The zero-order chi connectivity index (χ0) is 34.1. The Morgan fingerprint density at radius 3 is 2.13 bits per heavy atom. The third kappa shape index (κ3) is 8.97. The summed E-state index contributed by atoms with van der Waals surface area (Å²) in [5.74, 6) is -0.333. The van der Waals surface area contributed by atoms with Crippen LogP contribution in [0.25, 0.3) is 0 Å². The summed E-state index contributed by atoms with van der Waals surface area (Å²) in [6, 6.07) is 25.3. The molecule has 9 nitrogen and oxygen atoms in total. The van der Waals surface area contributed by atoms with Crippen molar-refractivity contribution >= 4 is 50.7 Å². The van der Waals surface area contributed by atoms with Crippen molar-refractivity contribution in [3.05, 3.63) is 118 Å². The molecule has 0 aromatic heterocycles. The first-order valence-corrected chi connectivity index (χ1v) is 17.0. The minimum absolute atomic E-state index is 0.0670. The molecule has 0 heterocycles. The third-order valence-electron chi connectivity index (χ3n) is 7.34. The molecule has 0 spiro atoms. The summed E-state index contributed by atoms with van der Waals surface area (Å²) in [4.78, 5) is 29.8. The maximum Gasteiger partial charge on any atom is 0.264 e. The SMILES string of the molecule is COc1ccc(S(=O)(=O)N(CC(=O)N(Cc2ccc(Cl)cc2Cl)[C@@H](Cc2ccccc2)C(=O)NC(C)C)c2ccccc2OC)cc1. The molecule has 0 unspecified atom stereocenters. The van der Waals surface area contributed by atoms with E-state index in [9.17, 15) is 18.0 Å². The van der Waals surface area contributed by atoms with E-state index >= 15 is 0 Å². The molecular weight excluding hydrogens is 661 g/mol. The lowest BCUT2D eigenvalue weighted by atomic mass is 10.0. The summed E-state index contributed by atoms with van der Waals surface area (Å²) < 4.78 is 40.3. The number of benzene rings is 4. The molecule has 12 heteroatoms. The topological polar surface area (TPSA) is 105 Å². The predicted octanol–water partition coefficient (Wildman–Crippen LogP) is 6.37. The Balaban J connectivity index is 1.85. The average molecular weight is 699 g/mol. The first kappa shape index (κ1) is 35.6. The van der Waals surface area contributed by atoms with Gasteiger partial charge in [0.25, 0.3) is 10.0 Å². The number of para-hydroxylation sites is 2. The molecule has 0 bridgehead atoms. The van der Waals surface area contributed by atoms with Crippen molar-refractivity contribution in [3.8, 4) is 11.5 Å². The van der Waals surface area contributed by atoms with Gasteiger partial charge in [-0.25, -0.2) is 8.42 Å². The van der Waals surface area contributed by atoms with E-state index in [1.807, 2.05) is 44.2 Å². The lowest BCUT2D eigenvalue weighted by molar-refractivity contribution is -0.140. The molecule has 1 N–H and O–H groups in total. The normalized spacial score (nSPS) is 11.9. The smallest absolute Gasteiger partial charge is 0.264 e. The number of carbonyl (C=O) groups is 2. The van der Waals surface area contributed by atoms with Crippen molar-refractivity contribution < 1.29 is 27.5 Å². The highest BCUT2D eigenvalue weighted by molar-refractivity contribution is 7.92. The molecule has 0 aliphatic heterocycles. The summed E-state index contributed by atoms with van der Waals surface area (Å²) in [6.07, 6.45) is 0.163. The van der Waals surface area contributed by atoms with Crippen LogP contribution in [-0.4, -0.2) is 58.0 Å². The lowest BCUT2D eigenvalue weighted by Gasteiger charge is -2.34. The number of ether oxygens (including phenoxy) is 2. The highest BCUT2D eigenvalue weighted by atomic mass is 35.5. The van der Waals surface area contributed by atoms with Crippen molar-refractivity contribution in [1.29, 1.82) is 0 Å². The molecule has 0 saturated heterocycles. The number of rotatable bonds is 14. The van der Waals surface area contributed by atoms with Crippen LogP contribution in [0.3, 0.4) is 0 Å². The maximum atomic E-state index is 14.6. The van der Waals surface area contributed by atoms with Crippen molar-refractivity contribution in [1.82, 2.24) is 10.2 Å². The molecule has 0 aliphatic rings. The molecule has 0 fully saturated rings. The first-order valence-electron chi connectivity index (χ1n) is 14.8. The second-order valence-electron chi connectivity index (χ2n) is 11.0. The number of hydrogen-bond acceptors (Lipinski definition) is 6. The summed E-state index contributed by atoms with van der Waals surface area (Å²) >= 11 is 12.7. The van der Waals surface area contributed by atoms with Gasteiger partial charge in [0.1, 0.15) is 24.1 Å². The van der Waals surface area contributed by atoms with Gasteiger partial charge in [0.15, 0.2) is 0 Å². The van der Waals surface area contributed by atoms with Gasteiger partial charge in [-0.3, -0.25) is 13.9 Å². The Kier molecular flexibility index (Phi) is 12.1. The molecule has 2 amide bonds. The molecule has 248 valence electrons. The monoisotopic (exact) mass is 697 g/mol. The van der Waals surface area contributed by atoms with Crippen LogP contribution < -0.4 is 19.1 Å². The van der Waals surface area contributed by atoms with Gasteiger partial charge in [-0.2, -0.15) is 0 Å². The Bertz CT molecular complexity index is 1790. The first-order chi connectivity index (χ1) is 22.4. The average Bonchev–Trinajstić information content (AvgIpc) is 3.06. The molecular formula is C35H37Cl2N3O6S. The zero-order valence-corrected chi connectivity index (χ0v) is 28.9. The van der Waals surface area contributed by atoms with Crippen LogP contribution in [0.15, 0.2) is 102 Å². The van der Waals surface area contributed by atoms with E-state index in [-0.39, 0.29) is 35.3 Å². The van der Waals surface area contributed by atoms with Crippen molar-refractivity contribution in [2.75, 3.05) is 25.1 Å². The largest absolute Gasteiger partial charge is 0.497 e. The van der Waals surface area contributed by atoms with Crippen LogP contribution in [0, 0.1) is 0 Å². The van der Waals surface area contributed by atoms with Crippen LogP contribution in [0.5, 0.6) is 11.5 Å². The van der Waals surface area contributed by atoms with Gasteiger partial charge in [-0.1, -0.05) is 71.7 Å². The number of methoxy groups -OCH3 is 2. The summed E-state index contributed by atoms with van der Waals surface area (Å²) in [5, 5.41) is 3.63. The van der Waals surface area contributed by atoms with Gasteiger partial charge < -0.3 is 19.7 Å². The van der Waals surface area contributed by atoms with Crippen molar-refractivity contribution in [2.45, 2.75) is 43.8 Å². The molecule has 0 saturated carbocycles. The van der Waals surface area contributed by atoms with Crippen molar-refractivity contribution in [3.63, 3.8) is 0 Å². The van der Waals surface area contributed by atoms with Crippen LogP contribution in [-0.2, 0) is 32.6 Å². The second kappa shape index (κ2) is 16.0. The minimum Gasteiger partial charge on any atom is -0.497 e. The second-order valence-corrected chi connectivity index (χ2v) is 13.7. The summed E-state index contributed by atoms with van der Waals surface area (Å²) in [5.41, 5.74) is 1.49. The maximum absolute atomic E-state index is 14.6. The van der Waals surface area contributed by atoms with Gasteiger partial charge in [0, 0.05) is 29.1 Å². The fourth-order valence-electron chi connectivity index (χ4n) is 4.99. The van der Waals surface area contributed by atoms with Gasteiger partial charge in [0.2, 0.25) is 11.8 Å². The van der Waals surface area contributed by atoms with E-state index in [1.165, 1.54) is 43.4 Å². The predicted molar refractivity (Wildman–Crippen MR) is 185 cm³/mol.